The van der Waals surface area contributed by atoms with E-state index in [0.717, 1.165) is 19.5 Å². The standard InChI is InChI=1S/C14H24N4/c1-2-8-14(9-6-10-15-14)13-17-16-12-7-4-3-5-11-18(12)13/h15H,2-11H2,1H3. The number of rotatable bonds is 3. The van der Waals surface area contributed by atoms with Crippen molar-refractivity contribution in [3.8, 4) is 0 Å². The van der Waals surface area contributed by atoms with Crippen molar-refractivity contribution >= 4 is 0 Å². The highest BCUT2D eigenvalue weighted by molar-refractivity contribution is 5.12. The van der Waals surface area contributed by atoms with Crippen molar-refractivity contribution in [1.29, 1.82) is 0 Å². The third kappa shape index (κ3) is 1.96. The molecular formula is C14H24N4. The van der Waals surface area contributed by atoms with Gasteiger partial charge < -0.3 is 9.88 Å². The molecule has 3 rings (SSSR count). The maximum atomic E-state index is 4.56. The first-order valence-electron chi connectivity index (χ1n) is 7.53. The van der Waals surface area contributed by atoms with Gasteiger partial charge in [-0.05, 0) is 38.6 Å². The first-order chi connectivity index (χ1) is 8.86. The number of fused-ring (bicyclic) bond motifs is 1. The van der Waals surface area contributed by atoms with Crippen molar-refractivity contribution in [2.75, 3.05) is 6.54 Å². The van der Waals surface area contributed by atoms with Crippen LogP contribution in [-0.4, -0.2) is 21.3 Å². The summed E-state index contributed by atoms with van der Waals surface area (Å²) in [7, 11) is 0. The van der Waals surface area contributed by atoms with E-state index in [1.807, 2.05) is 0 Å². The van der Waals surface area contributed by atoms with Crippen molar-refractivity contribution in [2.45, 2.75) is 70.4 Å². The van der Waals surface area contributed by atoms with Gasteiger partial charge in [-0.15, -0.1) is 10.2 Å². The van der Waals surface area contributed by atoms with Crippen molar-refractivity contribution < 1.29 is 0 Å². The van der Waals surface area contributed by atoms with Crippen LogP contribution in [0.5, 0.6) is 0 Å². The molecule has 0 bridgehead atoms. The zero-order valence-corrected chi connectivity index (χ0v) is 11.4. The second kappa shape index (κ2) is 5.00. The van der Waals surface area contributed by atoms with Gasteiger partial charge in [-0.1, -0.05) is 19.8 Å². The van der Waals surface area contributed by atoms with Gasteiger partial charge in [0.05, 0.1) is 5.54 Å². The molecular weight excluding hydrogens is 224 g/mol. The molecule has 0 amide bonds. The van der Waals surface area contributed by atoms with E-state index in [1.54, 1.807) is 0 Å². The zero-order valence-electron chi connectivity index (χ0n) is 11.4. The van der Waals surface area contributed by atoms with Crippen LogP contribution in [0.1, 0.15) is 63.5 Å². The summed E-state index contributed by atoms with van der Waals surface area (Å²) in [6.07, 6.45) is 9.86. The molecule has 1 N–H and O–H groups in total. The average molecular weight is 248 g/mol. The molecule has 0 aliphatic carbocycles. The molecule has 2 aliphatic heterocycles. The molecule has 1 atom stereocenters. The fourth-order valence-corrected chi connectivity index (χ4v) is 3.59. The molecule has 1 saturated heterocycles. The highest BCUT2D eigenvalue weighted by atomic mass is 15.3. The third-order valence-electron chi connectivity index (χ3n) is 4.46. The van der Waals surface area contributed by atoms with E-state index < -0.39 is 0 Å². The molecule has 0 radical (unpaired) electrons. The Hall–Kier alpha value is -0.900. The Balaban J connectivity index is 1.97. The lowest BCUT2D eigenvalue weighted by Gasteiger charge is -2.28. The smallest absolute Gasteiger partial charge is 0.153 e. The summed E-state index contributed by atoms with van der Waals surface area (Å²) in [5.41, 5.74) is 0.115. The summed E-state index contributed by atoms with van der Waals surface area (Å²) in [5, 5.41) is 12.7. The molecule has 100 valence electrons. The van der Waals surface area contributed by atoms with E-state index in [4.69, 9.17) is 0 Å². The molecule has 3 heterocycles. The van der Waals surface area contributed by atoms with E-state index in [0.29, 0.717) is 0 Å². The average Bonchev–Trinajstić information content (AvgIpc) is 2.93. The van der Waals surface area contributed by atoms with E-state index >= 15 is 0 Å². The van der Waals surface area contributed by atoms with Crippen molar-refractivity contribution in [2.24, 2.45) is 0 Å². The zero-order chi connectivity index (χ0) is 12.4. The molecule has 1 aromatic rings. The number of nitrogens with one attached hydrogen (secondary N) is 1. The monoisotopic (exact) mass is 248 g/mol. The Kier molecular flexibility index (Phi) is 3.37. The van der Waals surface area contributed by atoms with Gasteiger partial charge in [0.1, 0.15) is 5.82 Å². The summed E-state index contributed by atoms with van der Waals surface area (Å²) in [6, 6.07) is 0. The van der Waals surface area contributed by atoms with Crippen molar-refractivity contribution in [3.63, 3.8) is 0 Å². The van der Waals surface area contributed by atoms with Gasteiger partial charge in [-0.25, -0.2) is 0 Å². The maximum absolute atomic E-state index is 4.56. The molecule has 0 aromatic carbocycles. The van der Waals surface area contributed by atoms with E-state index in [9.17, 15) is 0 Å². The van der Waals surface area contributed by atoms with Crippen LogP contribution in [-0.2, 0) is 18.5 Å². The predicted molar refractivity (Wildman–Crippen MR) is 71.4 cm³/mol. The first kappa shape index (κ1) is 12.2. The Bertz CT molecular complexity index is 404. The Morgan fingerprint density at radius 1 is 1.22 bits per heavy atom. The number of aryl methyl sites for hydroxylation is 1. The fraction of sp³-hybridized carbons (Fsp3) is 0.857. The van der Waals surface area contributed by atoms with Gasteiger partial charge in [0.15, 0.2) is 5.82 Å². The van der Waals surface area contributed by atoms with E-state index in [1.165, 1.54) is 56.6 Å². The van der Waals surface area contributed by atoms with Gasteiger partial charge in [0.2, 0.25) is 0 Å². The predicted octanol–water partition coefficient (Wildman–Crippen LogP) is 2.38. The summed E-state index contributed by atoms with van der Waals surface area (Å²) in [6.45, 7) is 4.51. The minimum absolute atomic E-state index is 0.115. The van der Waals surface area contributed by atoms with Crippen LogP contribution in [0.3, 0.4) is 0 Å². The Morgan fingerprint density at radius 3 is 2.94 bits per heavy atom. The molecule has 0 saturated carbocycles. The van der Waals surface area contributed by atoms with Crippen LogP contribution in [0.15, 0.2) is 0 Å². The number of aromatic nitrogens is 3. The Morgan fingerprint density at radius 2 is 2.17 bits per heavy atom. The van der Waals surface area contributed by atoms with Gasteiger partial charge in [-0.3, -0.25) is 0 Å². The van der Waals surface area contributed by atoms with Crippen molar-refractivity contribution in [3.05, 3.63) is 11.6 Å². The quantitative estimate of drug-likeness (QED) is 0.893. The minimum Gasteiger partial charge on any atom is -0.313 e. The summed E-state index contributed by atoms with van der Waals surface area (Å²) in [4.78, 5) is 0. The summed E-state index contributed by atoms with van der Waals surface area (Å²) >= 11 is 0. The molecule has 1 fully saturated rings. The van der Waals surface area contributed by atoms with Crippen LogP contribution in [0.4, 0.5) is 0 Å². The van der Waals surface area contributed by atoms with Crippen LogP contribution in [0, 0.1) is 0 Å². The molecule has 18 heavy (non-hydrogen) atoms. The van der Waals surface area contributed by atoms with Crippen LogP contribution >= 0.6 is 0 Å². The van der Waals surface area contributed by atoms with Crippen LogP contribution in [0.25, 0.3) is 0 Å². The van der Waals surface area contributed by atoms with Crippen LogP contribution < -0.4 is 5.32 Å². The summed E-state index contributed by atoms with van der Waals surface area (Å²) in [5.74, 6) is 2.44. The third-order valence-corrected chi connectivity index (χ3v) is 4.46. The number of hydrogen-bond donors (Lipinski definition) is 1. The van der Waals surface area contributed by atoms with E-state index in [-0.39, 0.29) is 5.54 Å². The van der Waals surface area contributed by atoms with Gasteiger partial charge in [-0.2, -0.15) is 0 Å². The summed E-state index contributed by atoms with van der Waals surface area (Å²) < 4.78 is 2.42. The topological polar surface area (TPSA) is 42.7 Å². The normalized spacial score (nSPS) is 28.1. The lowest BCUT2D eigenvalue weighted by Crippen LogP contribution is -2.39. The molecule has 4 nitrogen and oxygen atoms in total. The lowest BCUT2D eigenvalue weighted by molar-refractivity contribution is 0.318. The van der Waals surface area contributed by atoms with E-state index in [2.05, 4.69) is 27.0 Å². The molecule has 0 spiro atoms. The second-order valence-electron chi connectivity index (χ2n) is 5.76. The SMILES string of the molecule is CCCC1(c2nnc3n2CCCCC3)CCCN1. The molecule has 2 aliphatic rings. The first-order valence-corrected chi connectivity index (χ1v) is 7.53. The molecule has 4 heteroatoms. The van der Waals surface area contributed by atoms with Gasteiger partial charge in [0, 0.05) is 13.0 Å². The second-order valence-corrected chi connectivity index (χ2v) is 5.76. The van der Waals surface area contributed by atoms with Gasteiger partial charge in [0.25, 0.3) is 0 Å². The Labute approximate surface area is 109 Å². The van der Waals surface area contributed by atoms with Gasteiger partial charge >= 0.3 is 0 Å². The highest BCUT2D eigenvalue weighted by Gasteiger charge is 2.39. The fourth-order valence-electron chi connectivity index (χ4n) is 3.59. The largest absolute Gasteiger partial charge is 0.313 e. The molecule has 1 aromatic heterocycles. The van der Waals surface area contributed by atoms with Crippen molar-refractivity contribution in [1.82, 2.24) is 20.1 Å². The lowest BCUT2D eigenvalue weighted by atomic mass is 9.91. The minimum atomic E-state index is 0.115. The number of hydrogen-bond acceptors (Lipinski definition) is 3. The molecule has 1 unspecified atom stereocenters. The maximum Gasteiger partial charge on any atom is 0.153 e. The highest BCUT2D eigenvalue weighted by Crippen LogP contribution is 2.35. The number of nitrogens with zero attached hydrogens (tertiary/aromatic N) is 3. The van der Waals surface area contributed by atoms with Crippen LogP contribution in [0.2, 0.25) is 0 Å².